The molecule has 176 valence electrons. The summed E-state index contributed by atoms with van der Waals surface area (Å²) in [5.41, 5.74) is 2.38. The van der Waals surface area contributed by atoms with E-state index < -0.39 is 23.6 Å². The zero-order valence-electron chi connectivity index (χ0n) is 19.0. The lowest BCUT2D eigenvalue weighted by Crippen LogP contribution is -2.51. The van der Waals surface area contributed by atoms with E-state index in [1.165, 1.54) is 6.07 Å². The Labute approximate surface area is 203 Å². The van der Waals surface area contributed by atoms with Crippen molar-refractivity contribution in [2.75, 3.05) is 6.54 Å². The number of nitrogens with one attached hydrogen (secondary N) is 1. The van der Waals surface area contributed by atoms with Gasteiger partial charge in [-0.1, -0.05) is 33.8 Å². The molecule has 0 spiro atoms. The number of carbonyl (C=O) groups is 2. The third kappa shape index (κ3) is 4.73. The van der Waals surface area contributed by atoms with Crippen LogP contribution in [0.4, 0.5) is 0 Å². The smallest absolute Gasteiger partial charge is 0.348 e. The first kappa shape index (κ1) is 24.7. The zero-order valence-corrected chi connectivity index (χ0v) is 20.8. The molecule has 33 heavy (non-hydrogen) atoms. The number of aliphatic carboxylic acids is 1. The number of Topliss-reactive ketones (excluding diaryl/α,β-unsaturated/α-hetero) is 1. The van der Waals surface area contributed by atoms with Crippen LogP contribution in [-0.4, -0.2) is 51.3 Å². The van der Waals surface area contributed by atoms with E-state index in [1.807, 2.05) is 39.8 Å². The molecule has 0 amide bonds. The van der Waals surface area contributed by atoms with Gasteiger partial charge in [0, 0.05) is 28.8 Å². The highest BCUT2D eigenvalue weighted by Gasteiger charge is 2.44. The van der Waals surface area contributed by atoms with Crippen molar-refractivity contribution in [3.63, 3.8) is 0 Å². The molecule has 0 saturated carbocycles. The molecule has 8 nitrogen and oxygen atoms in total. The summed E-state index contributed by atoms with van der Waals surface area (Å²) < 4.78 is 11.7. The number of amidine groups is 1. The van der Waals surface area contributed by atoms with Crippen LogP contribution in [0.5, 0.6) is 11.5 Å². The molecular formula is C24H28BrN3O5. The Bertz CT molecular complexity index is 1110. The highest BCUT2D eigenvalue weighted by Crippen LogP contribution is 2.40. The van der Waals surface area contributed by atoms with E-state index in [0.29, 0.717) is 23.6 Å². The van der Waals surface area contributed by atoms with E-state index in [9.17, 15) is 14.7 Å². The SMILES string of the molecule is Br.CCc1ccc2c(n1)C(=N)N(CC(=O)c1ccc3c(c1)OC(C(=O)O)C(C(C)(C)C)O3)C2. The second-order valence-corrected chi connectivity index (χ2v) is 9.23. The Morgan fingerprint density at radius 3 is 2.55 bits per heavy atom. The maximum absolute atomic E-state index is 13.0. The summed E-state index contributed by atoms with van der Waals surface area (Å²) in [5.74, 6) is -0.432. The van der Waals surface area contributed by atoms with E-state index in [0.717, 1.165) is 17.7 Å². The minimum atomic E-state index is -1.17. The standard InChI is InChI=1S/C24H27N3O5.BrH/c1-5-15-8-6-14-11-27(22(25)19(14)26-15)12-16(28)13-7-9-17-18(10-13)31-20(23(29)30)21(32-17)24(2,3)4;/h6-10,20-21,25H,5,11-12H2,1-4H3,(H,29,30);1H. The number of aryl methyl sites for hydroxylation is 1. The van der Waals surface area contributed by atoms with Crippen LogP contribution in [0.15, 0.2) is 30.3 Å². The van der Waals surface area contributed by atoms with E-state index in [1.54, 1.807) is 17.0 Å². The average Bonchev–Trinajstić information content (AvgIpc) is 3.06. The maximum atomic E-state index is 13.0. The quantitative estimate of drug-likeness (QED) is 0.578. The van der Waals surface area contributed by atoms with Crippen LogP contribution in [-0.2, 0) is 17.8 Å². The van der Waals surface area contributed by atoms with Gasteiger partial charge >= 0.3 is 5.97 Å². The van der Waals surface area contributed by atoms with Gasteiger partial charge < -0.3 is 19.5 Å². The molecule has 9 heteroatoms. The highest BCUT2D eigenvalue weighted by atomic mass is 79.9. The zero-order chi connectivity index (χ0) is 23.2. The molecule has 2 aromatic rings. The summed E-state index contributed by atoms with van der Waals surface area (Å²) in [4.78, 5) is 30.9. The second-order valence-electron chi connectivity index (χ2n) is 9.23. The minimum absolute atomic E-state index is 0. The number of fused-ring (bicyclic) bond motifs is 2. The molecule has 0 radical (unpaired) electrons. The van der Waals surface area contributed by atoms with Gasteiger partial charge in [0.05, 0.1) is 6.54 Å². The number of carboxylic acid groups (broad SMARTS) is 1. The first-order chi connectivity index (χ1) is 15.1. The first-order valence-electron chi connectivity index (χ1n) is 10.6. The Morgan fingerprint density at radius 1 is 1.18 bits per heavy atom. The summed E-state index contributed by atoms with van der Waals surface area (Å²) in [6.45, 7) is 8.15. The number of hydrogen-bond acceptors (Lipinski definition) is 6. The number of ether oxygens (including phenoxy) is 2. The normalized spacial score (nSPS) is 19.0. The van der Waals surface area contributed by atoms with E-state index >= 15 is 0 Å². The van der Waals surface area contributed by atoms with Gasteiger partial charge in [-0.05, 0) is 30.7 Å². The van der Waals surface area contributed by atoms with Gasteiger partial charge in [0.25, 0.3) is 0 Å². The molecule has 3 heterocycles. The lowest BCUT2D eigenvalue weighted by molar-refractivity contribution is -0.156. The largest absolute Gasteiger partial charge is 0.481 e. The van der Waals surface area contributed by atoms with Crippen molar-refractivity contribution in [2.45, 2.75) is 52.9 Å². The fourth-order valence-electron chi connectivity index (χ4n) is 3.97. The van der Waals surface area contributed by atoms with Gasteiger partial charge in [-0.2, -0.15) is 0 Å². The lowest BCUT2D eigenvalue weighted by atomic mass is 9.85. The molecule has 2 aliphatic heterocycles. The van der Waals surface area contributed by atoms with Crippen LogP contribution in [0, 0.1) is 10.8 Å². The summed E-state index contributed by atoms with van der Waals surface area (Å²) in [6.07, 6.45) is -1.06. The van der Waals surface area contributed by atoms with Crippen LogP contribution in [0.1, 0.15) is 55.0 Å². The van der Waals surface area contributed by atoms with Crippen molar-refractivity contribution in [1.29, 1.82) is 5.41 Å². The van der Waals surface area contributed by atoms with Crippen LogP contribution >= 0.6 is 17.0 Å². The minimum Gasteiger partial charge on any atom is -0.481 e. The Kier molecular flexibility index (Phi) is 6.83. The number of hydrogen-bond donors (Lipinski definition) is 2. The molecule has 1 aromatic heterocycles. The van der Waals surface area contributed by atoms with Gasteiger partial charge in [0.15, 0.2) is 23.4 Å². The number of ketones is 1. The van der Waals surface area contributed by atoms with Crippen LogP contribution in [0.3, 0.4) is 0 Å². The third-order valence-electron chi connectivity index (χ3n) is 5.78. The van der Waals surface area contributed by atoms with Crippen molar-refractivity contribution in [3.8, 4) is 11.5 Å². The Hall–Kier alpha value is -2.94. The lowest BCUT2D eigenvalue weighted by Gasteiger charge is -2.39. The predicted octanol–water partition coefficient (Wildman–Crippen LogP) is 3.88. The van der Waals surface area contributed by atoms with Gasteiger partial charge in [-0.25, -0.2) is 9.78 Å². The molecule has 4 rings (SSSR count). The van der Waals surface area contributed by atoms with E-state index in [-0.39, 0.29) is 40.9 Å². The fraction of sp³-hybridized carbons (Fsp3) is 0.417. The molecule has 2 N–H and O–H groups in total. The fourth-order valence-corrected chi connectivity index (χ4v) is 3.97. The first-order valence-corrected chi connectivity index (χ1v) is 10.6. The number of pyridine rings is 1. The van der Waals surface area contributed by atoms with Gasteiger partial charge in [-0.15, -0.1) is 17.0 Å². The average molecular weight is 518 g/mol. The molecule has 0 saturated heterocycles. The monoisotopic (exact) mass is 517 g/mol. The number of halogens is 1. The second kappa shape index (κ2) is 9.13. The Morgan fingerprint density at radius 2 is 1.91 bits per heavy atom. The van der Waals surface area contributed by atoms with Crippen LogP contribution in [0.25, 0.3) is 0 Å². The molecule has 0 aliphatic carbocycles. The number of carboxylic acids is 1. The Balaban J connectivity index is 0.00000306. The summed E-state index contributed by atoms with van der Waals surface area (Å²) in [5, 5.41) is 18.0. The van der Waals surface area contributed by atoms with Crippen molar-refractivity contribution in [1.82, 2.24) is 9.88 Å². The summed E-state index contributed by atoms with van der Waals surface area (Å²) >= 11 is 0. The van der Waals surface area contributed by atoms with E-state index in [2.05, 4.69) is 4.98 Å². The number of carbonyl (C=O) groups excluding carboxylic acids is 1. The van der Waals surface area contributed by atoms with Crippen molar-refractivity contribution >= 4 is 34.6 Å². The number of aromatic nitrogens is 1. The maximum Gasteiger partial charge on any atom is 0.348 e. The third-order valence-corrected chi connectivity index (χ3v) is 5.78. The van der Waals surface area contributed by atoms with Gasteiger partial charge in [0.2, 0.25) is 6.10 Å². The number of nitrogens with zero attached hydrogens (tertiary/aromatic N) is 2. The molecule has 0 bridgehead atoms. The van der Waals surface area contributed by atoms with Crippen molar-refractivity contribution in [3.05, 3.63) is 52.8 Å². The van der Waals surface area contributed by atoms with E-state index in [4.69, 9.17) is 14.9 Å². The molecule has 2 atom stereocenters. The van der Waals surface area contributed by atoms with Crippen molar-refractivity contribution < 1.29 is 24.2 Å². The molecular weight excluding hydrogens is 490 g/mol. The highest BCUT2D eigenvalue weighted by molar-refractivity contribution is 8.93. The van der Waals surface area contributed by atoms with Gasteiger partial charge in [0.1, 0.15) is 11.5 Å². The van der Waals surface area contributed by atoms with Crippen LogP contribution < -0.4 is 9.47 Å². The van der Waals surface area contributed by atoms with Gasteiger partial charge in [-0.3, -0.25) is 10.2 Å². The topological polar surface area (TPSA) is 113 Å². The molecule has 1 aromatic carbocycles. The number of rotatable bonds is 5. The summed E-state index contributed by atoms with van der Waals surface area (Å²) in [7, 11) is 0. The molecule has 2 aliphatic rings. The summed E-state index contributed by atoms with van der Waals surface area (Å²) in [6, 6.07) is 8.71. The molecule has 0 fully saturated rings. The van der Waals surface area contributed by atoms with Crippen LogP contribution in [0.2, 0.25) is 0 Å². The number of benzene rings is 1. The van der Waals surface area contributed by atoms with Crippen molar-refractivity contribution in [2.24, 2.45) is 5.41 Å². The molecule has 2 unspecified atom stereocenters. The predicted molar refractivity (Wildman–Crippen MR) is 128 cm³/mol.